The normalized spacial score (nSPS) is 15.2. The molecule has 2 heterocycles. The molecule has 5 nitrogen and oxygen atoms in total. The predicted octanol–water partition coefficient (Wildman–Crippen LogP) is 4.33. The topological polar surface area (TPSA) is 41.4 Å². The zero-order chi connectivity index (χ0) is 21.8. The van der Waals surface area contributed by atoms with Gasteiger partial charge in [0, 0.05) is 44.9 Å². The van der Waals surface area contributed by atoms with Crippen LogP contribution in [0.5, 0.6) is 0 Å². The van der Waals surface area contributed by atoms with Crippen molar-refractivity contribution in [1.82, 2.24) is 19.6 Å². The van der Waals surface area contributed by atoms with Crippen LogP contribution in [0.15, 0.2) is 66.7 Å². The average molecular weight is 435 g/mol. The molecule has 0 atom stereocenters. The minimum absolute atomic E-state index is 0.00921. The van der Waals surface area contributed by atoms with Gasteiger partial charge in [0.25, 0.3) is 0 Å². The Labute approximate surface area is 188 Å². The fourth-order valence-electron chi connectivity index (χ4n) is 4.18. The van der Waals surface area contributed by atoms with Gasteiger partial charge in [0.15, 0.2) is 0 Å². The number of hydrogen-bond acceptors (Lipinski definition) is 3. The quantitative estimate of drug-likeness (QED) is 0.561. The number of piperazine rings is 1. The molecular weight excluding hydrogens is 408 g/mol. The molecule has 2 aromatic carbocycles. The van der Waals surface area contributed by atoms with E-state index in [1.54, 1.807) is 23.9 Å². The van der Waals surface area contributed by atoms with Gasteiger partial charge in [-0.2, -0.15) is 5.10 Å². The maximum absolute atomic E-state index is 12.8. The van der Waals surface area contributed by atoms with Gasteiger partial charge in [-0.3, -0.25) is 14.4 Å². The fourth-order valence-corrected chi connectivity index (χ4v) is 4.42. The number of carbonyl (C=O) groups excluding carboxylic acids is 1. The van der Waals surface area contributed by atoms with Gasteiger partial charge in [0.1, 0.15) is 5.15 Å². The van der Waals surface area contributed by atoms with Gasteiger partial charge in [0.2, 0.25) is 5.91 Å². The lowest BCUT2D eigenvalue weighted by molar-refractivity contribution is -0.127. The van der Waals surface area contributed by atoms with E-state index in [4.69, 9.17) is 11.6 Å². The highest BCUT2D eigenvalue weighted by Crippen LogP contribution is 2.29. The first-order chi connectivity index (χ1) is 15.0. The summed E-state index contributed by atoms with van der Waals surface area (Å²) in [5.41, 5.74) is 4.16. The van der Waals surface area contributed by atoms with Crippen LogP contribution in [0.4, 0.5) is 0 Å². The molecule has 3 aromatic rings. The molecule has 1 fully saturated rings. The number of nitrogens with zero attached hydrogens (tertiary/aromatic N) is 4. The van der Waals surface area contributed by atoms with E-state index in [-0.39, 0.29) is 11.9 Å². The van der Waals surface area contributed by atoms with Crippen LogP contribution in [0.1, 0.15) is 28.4 Å². The number of aromatic nitrogens is 2. The molecule has 1 aliphatic heterocycles. The first-order valence-corrected chi connectivity index (χ1v) is 10.9. The van der Waals surface area contributed by atoms with Crippen molar-refractivity contribution in [3.63, 3.8) is 0 Å². The first-order valence-electron chi connectivity index (χ1n) is 10.5. The van der Waals surface area contributed by atoms with Crippen molar-refractivity contribution in [3.05, 3.63) is 94.3 Å². The highest BCUT2D eigenvalue weighted by atomic mass is 35.5. The molecule has 0 aliphatic carbocycles. The minimum atomic E-state index is 0.00921. The van der Waals surface area contributed by atoms with Crippen molar-refractivity contribution >= 4 is 23.6 Å². The number of benzene rings is 2. The van der Waals surface area contributed by atoms with Gasteiger partial charge in [-0.05, 0) is 24.1 Å². The fraction of sp³-hybridized carbons (Fsp3) is 0.280. The molecule has 0 bridgehead atoms. The highest BCUT2D eigenvalue weighted by Gasteiger charge is 2.27. The van der Waals surface area contributed by atoms with Crippen LogP contribution in [-0.4, -0.2) is 51.7 Å². The number of aryl methyl sites for hydroxylation is 2. The molecular formula is C25H27ClN4O. The van der Waals surface area contributed by atoms with Crippen molar-refractivity contribution in [2.45, 2.75) is 13.0 Å². The van der Waals surface area contributed by atoms with E-state index in [0.29, 0.717) is 18.2 Å². The van der Waals surface area contributed by atoms with Gasteiger partial charge in [-0.1, -0.05) is 72.3 Å². The minimum Gasteiger partial charge on any atom is -0.337 e. The molecule has 31 heavy (non-hydrogen) atoms. The lowest BCUT2D eigenvalue weighted by atomic mass is 9.96. The van der Waals surface area contributed by atoms with E-state index in [2.05, 4.69) is 58.5 Å². The lowest BCUT2D eigenvalue weighted by Crippen LogP contribution is -2.49. The maximum Gasteiger partial charge on any atom is 0.246 e. The predicted molar refractivity (Wildman–Crippen MR) is 125 cm³/mol. The van der Waals surface area contributed by atoms with Crippen LogP contribution in [0.25, 0.3) is 6.08 Å². The summed E-state index contributed by atoms with van der Waals surface area (Å²) in [7, 11) is 1.80. The Hall–Kier alpha value is -2.89. The molecule has 0 N–H and O–H groups in total. The van der Waals surface area contributed by atoms with E-state index in [0.717, 1.165) is 24.3 Å². The molecule has 0 spiro atoms. The third-order valence-corrected chi connectivity index (χ3v) is 6.26. The molecule has 1 aromatic heterocycles. The Morgan fingerprint density at radius 1 is 0.968 bits per heavy atom. The second-order valence-corrected chi connectivity index (χ2v) is 8.19. The SMILES string of the molecule is Cc1nn(C)c(Cl)c1/C=C/C(=O)N1CCN(C(c2ccccc2)c2ccccc2)CC1. The Bertz CT molecular complexity index is 1010. The summed E-state index contributed by atoms with van der Waals surface area (Å²) in [6, 6.07) is 21.3. The van der Waals surface area contributed by atoms with Gasteiger partial charge in [-0.25, -0.2) is 0 Å². The van der Waals surface area contributed by atoms with Crippen LogP contribution in [0.2, 0.25) is 5.15 Å². The van der Waals surface area contributed by atoms with Crippen molar-refractivity contribution in [2.24, 2.45) is 7.05 Å². The lowest BCUT2D eigenvalue weighted by Gasteiger charge is -2.39. The monoisotopic (exact) mass is 434 g/mol. The first kappa shape index (κ1) is 21.3. The summed E-state index contributed by atoms with van der Waals surface area (Å²) >= 11 is 6.27. The second kappa shape index (κ2) is 9.50. The zero-order valence-electron chi connectivity index (χ0n) is 17.9. The molecule has 1 amide bonds. The summed E-state index contributed by atoms with van der Waals surface area (Å²) in [6.07, 6.45) is 3.38. The molecule has 6 heteroatoms. The third kappa shape index (κ3) is 4.73. The van der Waals surface area contributed by atoms with E-state index >= 15 is 0 Å². The summed E-state index contributed by atoms with van der Waals surface area (Å²) in [5, 5.41) is 4.83. The smallest absolute Gasteiger partial charge is 0.246 e. The molecule has 0 unspecified atom stereocenters. The Morgan fingerprint density at radius 3 is 2.00 bits per heavy atom. The van der Waals surface area contributed by atoms with E-state index in [1.807, 2.05) is 24.0 Å². The maximum atomic E-state index is 12.8. The largest absolute Gasteiger partial charge is 0.337 e. The number of amides is 1. The Balaban J connectivity index is 1.45. The van der Waals surface area contributed by atoms with Gasteiger partial charge < -0.3 is 4.90 Å². The van der Waals surface area contributed by atoms with Crippen LogP contribution < -0.4 is 0 Å². The van der Waals surface area contributed by atoms with Crippen molar-refractivity contribution in [3.8, 4) is 0 Å². The van der Waals surface area contributed by atoms with E-state index < -0.39 is 0 Å². The van der Waals surface area contributed by atoms with Gasteiger partial charge >= 0.3 is 0 Å². The molecule has 0 saturated carbocycles. The summed E-state index contributed by atoms with van der Waals surface area (Å²) in [6.45, 7) is 4.92. The second-order valence-electron chi connectivity index (χ2n) is 7.83. The van der Waals surface area contributed by atoms with Crippen LogP contribution in [0.3, 0.4) is 0 Å². The van der Waals surface area contributed by atoms with E-state index in [9.17, 15) is 4.79 Å². The van der Waals surface area contributed by atoms with E-state index in [1.165, 1.54) is 11.1 Å². The Morgan fingerprint density at radius 2 is 1.52 bits per heavy atom. The Kier molecular flexibility index (Phi) is 6.54. The number of hydrogen-bond donors (Lipinski definition) is 0. The third-order valence-electron chi connectivity index (χ3n) is 5.81. The van der Waals surface area contributed by atoms with Crippen LogP contribution in [0, 0.1) is 6.92 Å². The zero-order valence-corrected chi connectivity index (χ0v) is 18.7. The van der Waals surface area contributed by atoms with Crippen LogP contribution in [-0.2, 0) is 11.8 Å². The molecule has 1 saturated heterocycles. The number of rotatable bonds is 5. The summed E-state index contributed by atoms with van der Waals surface area (Å²) in [5.74, 6) is 0.00921. The number of halogens is 1. The molecule has 4 rings (SSSR count). The molecule has 160 valence electrons. The van der Waals surface area contributed by atoms with Crippen LogP contribution >= 0.6 is 11.6 Å². The highest BCUT2D eigenvalue weighted by molar-refractivity contribution is 6.31. The standard InChI is InChI=1S/C25H27ClN4O/c1-19-22(25(26)28(2)27-19)13-14-23(31)29-15-17-30(18-16-29)24(20-9-5-3-6-10-20)21-11-7-4-8-12-21/h3-14,24H,15-18H2,1-2H3/b14-13+. The average Bonchev–Trinajstić information content (AvgIpc) is 3.05. The summed E-state index contributed by atoms with van der Waals surface area (Å²) in [4.78, 5) is 17.1. The van der Waals surface area contributed by atoms with Crippen molar-refractivity contribution in [2.75, 3.05) is 26.2 Å². The van der Waals surface area contributed by atoms with Gasteiger partial charge in [0.05, 0.1) is 11.7 Å². The summed E-state index contributed by atoms with van der Waals surface area (Å²) < 4.78 is 1.62. The number of carbonyl (C=O) groups is 1. The van der Waals surface area contributed by atoms with Gasteiger partial charge in [-0.15, -0.1) is 0 Å². The molecule has 0 radical (unpaired) electrons. The van der Waals surface area contributed by atoms with Crippen molar-refractivity contribution < 1.29 is 4.79 Å². The molecule has 1 aliphatic rings. The van der Waals surface area contributed by atoms with Crippen molar-refractivity contribution in [1.29, 1.82) is 0 Å².